The fraction of sp³-hybridized carbons (Fsp3) is 0.556. The van der Waals surface area contributed by atoms with Gasteiger partial charge in [-0.05, 0) is 39.8 Å². The average molecular weight is 345 g/mol. The number of aryl methyl sites for hydroxylation is 1. The van der Waals surface area contributed by atoms with Crippen molar-refractivity contribution < 1.29 is 9.32 Å². The second-order valence-electron chi connectivity index (χ2n) is 6.52. The van der Waals surface area contributed by atoms with Crippen LogP contribution in [-0.2, 0) is 11.2 Å². The zero-order valence-corrected chi connectivity index (χ0v) is 15.4. The summed E-state index contributed by atoms with van der Waals surface area (Å²) in [5, 5.41) is 6.89. The van der Waals surface area contributed by atoms with Gasteiger partial charge in [0.1, 0.15) is 0 Å². The topological polar surface area (TPSA) is 84.2 Å². The first-order valence-electron chi connectivity index (χ1n) is 8.72. The van der Waals surface area contributed by atoms with E-state index in [1.165, 1.54) is 0 Å². The zero-order valence-electron chi connectivity index (χ0n) is 15.4. The van der Waals surface area contributed by atoms with Crippen molar-refractivity contribution >= 4 is 5.91 Å². The third-order valence-corrected chi connectivity index (χ3v) is 3.99. The maximum absolute atomic E-state index is 12.0. The van der Waals surface area contributed by atoms with Crippen molar-refractivity contribution in [2.45, 2.75) is 52.6 Å². The molecule has 0 aliphatic carbocycles. The summed E-state index contributed by atoms with van der Waals surface area (Å²) < 4.78 is 5.21. The Morgan fingerprint density at radius 3 is 2.52 bits per heavy atom. The van der Waals surface area contributed by atoms with Crippen LogP contribution in [0.3, 0.4) is 0 Å². The zero-order chi connectivity index (χ0) is 18.2. The van der Waals surface area contributed by atoms with Gasteiger partial charge in [-0.1, -0.05) is 5.16 Å². The lowest BCUT2D eigenvalue weighted by molar-refractivity contribution is -0.121. The third-order valence-electron chi connectivity index (χ3n) is 3.99. The van der Waals surface area contributed by atoms with Gasteiger partial charge < -0.3 is 9.84 Å². The molecule has 0 aliphatic rings. The Hall–Kier alpha value is -2.28. The van der Waals surface area contributed by atoms with Crippen LogP contribution in [0.5, 0.6) is 0 Å². The van der Waals surface area contributed by atoms with Crippen molar-refractivity contribution in [1.82, 2.24) is 25.3 Å². The van der Waals surface area contributed by atoms with Crippen LogP contribution in [0.4, 0.5) is 0 Å². The highest BCUT2D eigenvalue weighted by atomic mass is 16.5. The molecule has 7 heteroatoms. The molecule has 0 atom stereocenters. The predicted molar refractivity (Wildman–Crippen MR) is 95.8 cm³/mol. The van der Waals surface area contributed by atoms with Gasteiger partial charge in [-0.15, -0.1) is 0 Å². The summed E-state index contributed by atoms with van der Waals surface area (Å²) in [5.74, 6) is 0.978. The maximum atomic E-state index is 12.0. The summed E-state index contributed by atoms with van der Waals surface area (Å²) in [5.41, 5.74) is 0.844. The SMILES string of the molecule is CC(C)N(CCNC(=O)CCc1nc(-c2ccncc2)no1)C(C)C. The Morgan fingerprint density at radius 1 is 1.20 bits per heavy atom. The van der Waals surface area contributed by atoms with Crippen LogP contribution >= 0.6 is 0 Å². The number of hydrogen-bond donors (Lipinski definition) is 1. The fourth-order valence-corrected chi connectivity index (χ4v) is 2.72. The van der Waals surface area contributed by atoms with E-state index >= 15 is 0 Å². The molecular weight excluding hydrogens is 318 g/mol. The molecular formula is C18H27N5O2. The molecule has 1 N–H and O–H groups in total. The first kappa shape index (κ1) is 19.1. The van der Waals surface area contributed by atoms with Crippen LogP contribution in [0.2, 0.25) is 0 Å². The number of amides is 1. The third kappa shape index (κ3) is 5.94. The predicted octanol–water partition coefficient (Wildman–Crippen LogP) is 2.30. The van der Waals surface area contributed by atoms with Crippen LogP contribution in [0.15, 0.2) is 29.0 Å². The fourth-order valence-electron chi connectivity index (χ4n) is 2.72. The molecule has 0 aromatic carbocycles. The van der Waals surface area contributed by atoms with Gasteiger partial charge >= 0.3 is 0 Å². The number of nitrogens with zero attached hydrogens (tertiary/aromatic N) is 4. The normalized spacial score (nSPS) is 11.5. The highest BCUT2D eigenvalue weighted by Gasteiger charge is 2.14. The van der Waals surface area contributed by atoms with E-state index in [0.29, 0.717) is 43.2 Å². The molecule has 0 spiro atoms. The van der Waals surface area contributed by atoms with Crippen LogP contribution < -0.4 is 5.32 Å². The summed E-state index contributed by atoms with van der Waals surface area (Å²) in [6.45, 7) is 10.1. The summed E-state index contributed by atoms with van der Waals surface area (Å²) in [7, 11) is 0. The standard InChI is InChI=1S/C18H27N5O2/c1-13(2)23(14(3)4)12-11-20-16(24)5-6-17-21-18(22-25-17)15-7-9-19-10-8-15/h7-10,13-14H,5-6,11-12H2,1-4H3,(H,20,24). The molecule has 0 aliphatic heterocycles. The van der Waals surface area contributed by atoms with Crippen LogP contribution in [0.1, 0.15) is 40.0 Å². The quantitative estimate of drug-likeness (QED) is 0.751. The van der Waals surface area contributed by atoms with E-state index < -0.39 is 0 Å². The van der Waals surface area contributed by atoms with Crippen molar-refractivity contribution in [3.63, 3.8) is 0 Å². The number of nitrogens with one attached hydrogen (secondary N) is 1. The molecule has 1 amide bonds. The molecule has 0 saturated carbocycles. The molecule has 0 fully saturated rings. The summed E-state index contributed by atoms with van der Waals surface area (Å²) in [6.07, 6.45) is 4.12. The van der Waals surface area contributed by atoms with E-state index in [1.807, 2.05) is 12.1 Å². The van der Waals surface area contributed by atoms with Crippen molar-refractivity contribution in [3.05, 3.63) is 30.4 Å². The smallest absolute Gasteiger partial charge is 0.227 e. The largest absolute Gasteiger partial charge is 0.355 e. The minimum atomic E-state index is -0.00359. The second-order valence-corrected chi connectivity index (χ2v) is 6.52. The second kappa shape index (κ2) is 9.27. The first-order chi connectivity index (χ1) is 12.0. The summed E-state index contributed by atoms with van der Waals surface area (Å²) >= 11 is 0. The van der Waals surface area contributed by atoms with Gasteiger partial charge in [0.25, 0.3) is 0 Å². The highest BCUT2D eigenvalue weighted by Crippen LogP contribution is 2.14. The number of aromatic nitrogens is 3. The molecule has 0 saturated heterocycles. The van der Waals surface area contributed by atoms with Crippen LogP contribution in [0, 0.1) is 0 Å². The Bertz CT molecular complexity index is 646. The van der Waals surface area contributed by atoms with E-state index in [4.69, 9.17) is 4.52 Å². The average Bonchev–Trinajstić information content (AvgIpc) is 3.06. The molecule has 0 bridgehead atoms. The van der Waals surface area contributed by atoms with E-state index in [1.54, 1.807) is 12.4 Å². The van der Waals surface area contributed by atoms with E-state index in [9.17, 15) is 4.79 Å². The molecule has 0 radical (unpaired) electrons. The van der Waals surface area contributed by atoms with Crippen molar-refractivity contribution in [2.75, 3.05) is 13.1 Å². The molecule has 0 unspecified atom stereocenters. The number of hydrogen-bond acceptors (Lipinski definition) is 6. The highest BCUT2D eigenvalue weighted by molar-refractivity contribution is 5.76. The van der Waals surface area contributed by atoms with Gasteiger partial charge in [-0.2, -0.15) is 4.98 Å². The minimum absolute atomic E-state index is 0.00359. The molecule has 25 heavy (non-hydrogen) atoms. The lowest BCUT2D eigenvalue weighted by atomic mass is 10.2. The van der Waals surface area contributed by atoms with Crippen molar-refractivity contribution in [2.24, 2.45) is 0 Å². The number of carbonyl (C=O) groups is 1. The Labute approximate surface area is 148 Å². The number of rotatable bonds is 9. The van der Waals surface area contributed by atoms with Crippen molar-refractivity contribution in [1.29, 1.82) is 0 Å². The lowest BCUT2D eigenvalue weighted by Gasteiger charge is -2.30. The van der Waals surface area contributed by atoms with Crippen LogP contribution in [-0.4, -0.2) is 51.1 Å². The minimum Gasteiger partial charge on any atom is -0.355 e. The Kier molecular flexibility index (Phi) is 7.06. The van der Waals surface area contributed by atoms with Gasteiger partial charge in [0.05, 0.1) is 0 Å². The van der Waals surface area contributed by atoms with Gasteiger partial charge in [-0.25, -0.2) is 0 Å². The molecule has 2 heterocycles. The monoisotopic (exact) mass is 345 g/mol. The van der Waals surface area contributed by atoms with E-state index in [-0.39, 0.29) is 5.91 Å². The summed E-state index contributed by atoms with van der Waals surface area (Å²) in [4.78, 5) is 22.6. The molecule has 2 aromatic rings. The maximum Gasteiger partial charge on any atom is 0.227 e. The number of pyridine rings is 1. The molecule has 136 valence electrons. The Morgan fingerprint density at radius 2 is 1.88 bits per heavy atom. The van der Waals surface area contributed by atoms with Gasteiger partial charge in [-0.3, -0.25) is 14.7 Å². The molecule has 7 nitrogen and oxygen atoms in total. The Balaban J connectivity index is 1.74. The molecule has 2 rings (SSSR count). The van der Waals surface area contributed by atoms with Crippen LogP contribution in [0.25, 0.3) is 11.4 Å². The van der Waals surface area contributed by atoms with Gasteiger partial charge in [0, 0.05) is 56.0 Å². The van der Waals surface area contributed by atoms with Gasteiger partial charge in [0.2, 0.25) is 17.6 Å². The molecule has 2 aromatic heterocycles. The summed E-state index contributed by atoms with van der Waals surface area (Å²) in [6, 6.07) is 4.55. The lowest BCUT2D eigenvalue weighted by Crippen LogP contribution is -2.42. The van der Waals surface area contributed by atoms with E-state index in [0.717, 1.165) is 12.1 Å². The van der Waals surface area contributed by atoms with E-state index in [2.05, 4.69) is 53.0 Å². The van der Waals surface area contributed by atoms with Gasteiger partial charge in [0.15, 0.2) is 0 Å². The first-order valence-corrected chi connectivity index (χ1v) is 8.72. The number of carbonyl (C=O) groups excluding carboxylic acids is 1. The van der Waals surface area contributed by atoms with Crippen molar-refractivity contribution in [3.8, 4) is 11.4 Å².